The van der Waals surface area contributed by atoms with Crippen LogP contribution in [0.5, 0.6) is 5.75 Å². The van der Waals surface area contributed by atoms with Crippen molar-refractivity contribution in [2.75, 3.05) is 5.32 Å². The molecule has 0 spiro atoms. The largest absolute Gasteiger partial charge is 0.444 e. The van der Waals surface area contributed by atoms with Crippen molar-refractivity contribution in [3.8, 4) is 17.1 Å². The summed E-state index contributed by atoms with van der Waals surface area (Å²) in [6, 6.07) is 12.7. The van der Waals surface area contributed by atoms with Crippen LogP contribution in [0, 0.1) is 0 Å². The van der Waals surface area contributed by atoms with Crippen LogP contribution < -0.4 is 10.1 Å². The number of ether oxygens (including phenoxy) is 1. The van der Waals surface area contributed by atoms with Crippen molar-refractivity contribution in [3.63, 3.8) is 0 Å². The zero-order valence-corrected chi connectivity index (χ0v) is 12.3. The first-order valence-electron chi connectivity index (χ1n) is 6.97. The number of halogens is 2. The molecule has 1 amide bonds. The van der Waals surface area contributed by atoms with Gasteiger partial charge in [-0.05, 0) is 36.4 Å². The maximum atomic E-state index is 12.4. The van der Waals surface area contributed by atoms with Crippen molar-refractivity contribution in [1.29, 1.82) is 0 Å². The summed E-state index contributed by atoms with van der Waals surface area (Å²) >= 11 is 0. The summed E-state index contributed by atoms with van der Waals surface area (Å²) in [6.45, 7) is -3.00. The molecule has 0 fully saturated rings. The molecule has 1 N–H and O–H groups in total. The number of hydrogen-bond donors (Lipinski definition) is 1. The number of benzene rings is 2. The number of nitrogens with one attached hydrogen (secondary N) is 1. The van der Waals surface area contributed by atoms with Gasteiger partial charge in [-0.3, -0.25) is 4.79 Å². The number of carbonyl (C=O) groups is 1. The van der Waals surface area contributed by atoms with Crippen LogP contribution in [-0.2, 0) is 0 Å². The number of nitrogens with zero attached hydrogens (tertiary/aromatic N) is 1. The molecule has 24 heavy (non-hydrogen) atoms. The van der Waals surface area contributed by atoms with Crippen LogP contribution in [0.15, 0.2) is 65.5 Å². The first kappa shape index (κ1) is 15.7. The molecule has 122 valence electrons. The van der Waals surface area contributed by atoms with Crippen molar-refractivity contribution in [2.24, 2.45) is 0 Å². The molecular weight excluding hydrogens is 318 g/mol. The first-order chi connectivity index (χ1) is 11.6. The lowest BCUT2D eigenvalue weighted by atomic mass is 10.1. The molecular formula is C17H12F2N2O3. The minimum Gasteiger partial charge on any atom is -0.444 e. The third-order valence-corrected chi connectivity index (χ3v) is 3.21. The van der Waals surface area contributed by atoms with Gasteiger partial charge in [0, 0.05) is 11.3 Å². The number of hydrogen-bond acceptors (Lipinski definition) is 4. The van der Waals surface area contributed by atoms with Crippen LogP contribution in [0.1, 0.15) is 10.4 Å². The Morgan fingerprint density at radius 1 is 1.12 bits per heavy atom. The Bertz CT molecular complexity index is 818. The van der Waals surface area contributed by atoms with Gasteiger partial charge in [-0.15, -0.1) is 0 Å². The molecule has 0 atom stereocenters. The molecule has 0 bridgehead atoms. The molecule has 0 saturated carbocycles. The number of rotatable bonds is 5. The monoisotopic (exact) mass is 330 g/mol. The maximum Gasteiger partial charge on any atom is 0.387 e. The number of para-hydroxylation sites is 1. The summed E-state index contributed by atoms with van der Waals surface area (Å²) in [7, 11) is 0. The Morgan fingerprint density at radius 2 is 1.88 bits per heavy atom. The van der Waals surface area contributed by atoms with Crippen molar-refractivity contribution >= 4 is 11.6 Å². The van der Waals surface area contributed by atoms with Crippen LogP contribution in [0.3, 0.4) is 0 Å². The first-order valence-corrected chi connectivity index (χ1v) is 6.97. The molecule has 0 aliphatic heterocycles. The highest BCUT2D eigenvalue weighted by Crippen LogP contribution is 2.23. The van der Waals surface area contributed by atoms with Gasteiger partial charge in [-0.25, -0.2) is 4.98 Å². The van der Waals surface area contributed by atoms with Gasteiger partial charge in [0.15, 0.2) is 12.2 Å². The molecule has 2 aromatic carbocycles. The molecule has 0 aliphatic carbocycles. The Morgan fingerprint density at radius 3 is 2.54 bits per heavy atom. The van der Waals surface area contributed by atoms with E-state index in [0.29, 0.717) is 11.4 Å². The molecule has 3 aromatic rings. The number of oxazole rings is 1. The average molecular weight is 330 g/mol. The molecule has 1 aromatic heterocycles. The summed E-state index contributed by atoms with van der Waals surface area (Å²) in [4.78, 5) is 16.1. The highest BCUT2D eigenvalue weighted by Gasteiger charge is 2.15. The topological polar surface area (TPSA) is 64.4 Å². The van der Waals surface area contributed by atoms with Gasteiger partial charge in [-0.2, -0.15) is 8.78 Å². The van der Waals surface area contributed by atoms with E-state index in [1.165, 1.54) is 24.6 Å². The third kappa shape index (κ3) is 3.57. The molecule has 0 saturated heterocycles. The number of alkyl halides is 2. The molecule has 3 rings (SSSR count). The van der Waals surface area contributed by atoms with Crippen LogP contribution in [0.25, 0.3) is 11.3 Å². The van der Waals surface area contributed by atoms with Crippen LogP contribution in [-0.4, -0.2) is 17.5 Å². The minimum absolute atomic E-state index is 0.0251. The SMILES string of the molecule is O=C(Nc1ccc(-c2cnco2)cc1)c1ccccc1OC(F)F. The van der Waals surface area contributed by atoms with E-state index in [1.54, 1.807) is 36.5 Å². The standard InChI is InChI=1S/C17H12F2N2O3/c18-17(19)24-14-4-2-1-3-13(14)16(22)21-12-7-5-11(6-8-12)15-9-20-10-23-15/h1-10,17H,(H,21,22). The fraction of sp³-hybridized carbons (Fsp3) is 0.0588. The van der Waals surface area contributed by atoms with E-state index in [4.69, 9.17) is 4.42 Å². The Kier molecular flexibility index (Phi) is 4.51. The minimum atomic E-state index is -3.00. The van der Waals surface area contributed by atoms with E-state index in [0.717, 1.165) is 5.56 Å². The highest BCUT2D eigenvalue weighted by molar-refractivity contribution is 6.06. The Balaban J connectivity index is 1.75. The lowest BCUT2D eigenvalue weighted by Gasteiger charge is -2.11. The number of anilines is 1. The smallest absolute Gasteiger partial charge is 0.387 e. The van der Waals surface area contributed by atoms with Crippen molar-refractivity contribution in [3.05, 3.63) is 66.7 Å². The van der Waals surface area contributed by atoms with Gasteiger partial charge in [-0.1, -0.05) is 12.1 Å². The molecule has 0 aliphatic rings. The second-order valence-corrected chi connectivity index (χ2v) is 4.77. The molecule has 0 unspecified atom stereocenters. The number of amides is 1. The second kappa shape index (κ2) is 6.91. The van der Waals surface area contributed by atoms with E-state index in [2.05, 4.69) is 15.0 Å². The average Bonchev–Trinajstić information content (AvgIpc) is 3.10. The summed E-state index contributed by atoms with van der Waals surface area (Å²) in [5.41, 5.74) is 1.33. The summed E-state index contributed by atoms with van der Waals surface area (Å²) < 4.78 is 34.3. The third-order valence-electron chi connectivity index (χ3n) is 3.21. The van der Waals surface area contributed by atoms with E-state index >= 15 is 0 Å². The Hall–Kier alpha value is -3.22. The van der Waals surface area contributed by atoms with Crippen LogP contribution in [0.2, 0.25) is 0 Å². The highest BCUT2D eigenvalue weighted by atomic mass is 19.3. The predicted molar refractivity (Wildman–Crippen MR) is 83.0 cm³/mol. The summed E-state index contributed by atoms with van der Waals surface area (Å²) in [5, 5.41) is 2.63. The van der Waals surface area contributed by atoms with E-state index in [9.17, 15) is 13.6 Å². The van der Waals surface area contributed by atoms with E-state index < -0.39 is 12.5 Å². The van der Waals surface area contributed by atoms with E-state index in [1.807, 2.05) is 0 Å². The molecule has 7 heteroatoms. The van der Waals surface area contributed by atoms with Gasteiger partial charge in [0.1, 0.15) is 5.75 Å². The normalized spacial score (nSPS) is 10.6. The van der Waals surface area contributed by atoms with Gasteiger partial charge < -0.3 is 14.5 Å². The van der Waals surface area contributed by atoms with E-state index in [-0.39, 0.29) is 11.3 Å². The fourth-order valence-electron chi connectivity index (χ4n) is 2.13. The van der Waals surface area contributed by atoms with Gasteiger partial charge in [0.25, 0.3) is 5.91 Å². The lowest BCUT2D eigenvalue weighted by Crippen LogP contribution is -2.14. The summed E-state index contributed by atoms with van der Waals surface area (Å²) in [5.74, 6) is -0.120. The van der Waals surface area contributed by atoms with Crippen molar-refractivity contribution in [1.82, 2.24) is 4.98 Å². The van der Waals surface area contributed by atoms with Crippen LogP contribution >= 0.6 is 0 Å². The zero-order valence-electron chi connectivity index (χ0n) is 12.3. The quantitative estimate of drug-likeness (QED) is 0.761. The van der Waals surface area contributed by atoms with Crippen molar-refractivity contribution in [2.45, 2.75) is 6.61 Å². The Labute approximate surface area is 135 Å². The molecule has 0 radical (unpaired) electrons. The van der Waals surface area contributed by atoms with Gasteiger partial charge in [0.2, 0.25) is 0 Å². The van der Waals surface area contributed by atoms with Crippen molar-refractivity contribution < 1.29 is 22.7 Å². The number of carbonyl (C=O) groups excluding carboxylic acids is 1. The zero-order chi connectivity index (χ0) is 16.9. The second-order valence-electron chi connectivity index (χ2n) is 4.77. The van der Waals surface area contributed by atoms with Gasteiger partial charge >= 0.3 is 6.61 Å². The number of aromatic nitrogens is 1. The maximum absolute atomic E-state index is 12.4. The summed E-state index contributed by atoms with van der Waals surface area (Å²) in [6.07, 6.45) is 2.90. The van der Waals surface area contributed by atoms with Crippen LogP contribution in [0.4, 0.5) is 14.5 Å². The lowest BCUT2D eigenvalue weighted by molar-refractivity contribution is -0.0501. The predicted octanol–water partition coefficient (Wildman–Crippen LogP) is 4.20. The fourth-order valence-corrected chi connectivity index (χ4v) is 2.13. The molecule has 1 heterocycles. The molecule has 5 nitrogen and oxygen atoms in total. The van der Waals surface area contributed by atoms with Gasteiger partial charge in [0.05, 0.1) is 11.8 Å².